The molecule has 19 heavy (non-hydrogen) atoms. The van der Waals surface area contributed by atoms with Crippen molar-refractivity contribution in [1.29, 1.82) is 0 Å². The molecule has 0 unspecified atom stereocenters. The standard InChI is InChI=1S/C15H16N4/c1-19-10-8-13-14(17-11-18-15(13)19)16-9-7-12-5-3-2-4-6-12/h2-6,8,10-11H,7,9H2,1H3,(H,16,17,18). The third-order valence-electron chi connectivity index (χ3n) is 3.21. The molecule has 0 fully saturated rings. The Morgan fingerprint density at radius 1 is 1.11 bits per heavy atom. The minimum absolute atomic E-state index is 0.866. The first-order valence-corrected chi connectivity index (χ1v) is 6.38. The van der Waals surface area contributed by atoms with Crippen molar-refractivity contribution in [3.63, 3.8) is 0 Å². The van der Waals surface area contributed by atoms with Gasteiger partial charge in [0.25, 0.3) is 0 Å². The topological polar surface area (TPSA) is 42.7 Å². The summed E-state index contributed by atoms with van der Waals surface area (Å²) in [5, 5.41) is 4.45. The number of nitrogens with one attached hydrogen (secondary N) is 1. The van der Waals surface area contributed by atoms with Gasteiger partial charge in [0.2, 0.25) is 0 Å². The Balaban J connectivity index is 1.72. The predicted octanol–water partition coefficient (Wildman–Crippen LogP) is 2.62. The lowest BCUT2D eigenvalue weighted by Crippen LogP contribution is -2.07. The van der Waals surface area contributed by atoms with E-state index in [0.717, 1.165) is 29.8 Å². The third kappa shape index (κ3) is 2.42. The summed E-state index contributed by atoms with van der Waals surface area (Å²) < 4.78 is 2.00. The summed E-state index contributed by atoms with van der Waals surface area (Å²) >= 11 is 0. The highest BCUT2D eigenvalue weighted by atomic mass is 15.1. The van der Waals surface area contributed by atoms with Crippen molar-refractivity contribution in [1.82, 2.24) is 14.5 Å². The molecule has 0 aliphatic heterocycles. The van der Waals surface area contributed by atoms with E-state index in [1.54, 1.807) is 6.33 Å². The Labute approximate surface area is 112 Å². The van der Waals surface area contributed by atoms with E-state index in [9.17, 15) is 0 Å². The molecule has 1 N–H and O–H groups in total. The van der Waals surface area contributed by atoms with E-state index in [-0.39, 0.29) is 0 Å². The van der Waals surface area contributed by atoms with Crippen molar-refractivity contribution in [3.8, 4) is 0 Å². The molecule has 2 heterocycles. The molecule has 96 valence electrons. The average Bonchev–Trinajstić information content (AvgIpc) is 2.83. The zero-order chi connectivity index (χ0) is 13.1. The van der Waals surface area contributed by atoms with Crippen LogP contribution in [0.3, 0.4) is 0 Å². The zero-order valence-electron chi connectivity index (χ0n) is 10.9. The van der Waals surface area contributed by atoms with Crippen LogP contribution in [0.2, 0.25) is 0 Å². The van der Waals surface area contributed by atoms with Gasteiger partial charge in [0.15, 0.2) is 0 Å². The Bertz CT molecular complexity index is 673. The van der Waals surface area contributed by atoms with E-state index in [0.29, 0.717) is 0 Å². The van der Waals surface area contributed by atoms with Gasteiger partial charge in [-0.2, -0.15) is 0 Å². The van der Waals surface area contributed by atoms with Gasteiger partial charge >= 0.3 is 0 Å². The lowest BCUT2D eigenvalue weighted by atomic mass is 10.1. The normalized spacial score (nSPS) is 10.8. The van der Waals surface area contributed by atoms with Crippen LogP contribution in [-0.4, -0.2) is 21.1 Å². The maximum absolute atomic E-state index is 4.32. The molecular weight excluding hydrogens is 236 g/mol. The molecule has 3 aromatic rings. The Hall–Kier alpha value is -2.36. The van der Waals surface area contributed by atoms with Crippen molar-refractivity contribution in [3.05, 3.63) is 54.5 Å². The van der Waals surface area contributed by atoms with Gasteiger partial charge in [-0.1, -0.05) is 30.3 Å². The van der Waals surface area contributed by atoms with E-state index < -0.39 is 0 Å². The second-order valence-corrected chi connectivity index (χ2v) is 4.55. The lowest BCUT2D eigenvalue weighted by Gasteiger charge is -2.06. The van der Waals surface area contributed by atoms with E-state index >= 15 is 0 Å². The summed E-state index contributed by atoms with van der Waals surface area (Å²) in [5.41, 5.74) is 2.28. The maximum Gasteiger partial charge on any atom is 0.145 e. The van der Waals surface area contributed by atoms with Crippen LogP contribution in [0, 0.1) is 0 Å². The van der Waals surface area contributed by atoms with Gasteiger partial charge in [-0.25, -0.2) is 9.97 Å². The molecule has 2 aromatic heterocycles. The predicted molar refractivity (Wildman–Crippen MR) is 77.1 cm³/mol. The molecule has 0 atom stereocenters. The van der Waals surface area contributed by atoms with E-state index in [4.69, 9.17) is 0 Å². The minimum Gasteiger partial charge on any atom is -0.369 e. The fourth-order valence-corrected chi connectivity index (χ4v) is 2.19. The number of hydrogen-bond acceptors (Lipinski definition) is 3. The first-order chi connectivity index (χ1) is 9.34. The highest BCUT2D eigenvalue weighted by Crippen LogP contribution is 2.19. The van der Waals surface area contributed by atoms with Gasteiger partial charge in [0.05, 0.1) is 5.39 Å². The summed E-state index contributed by atoms with van der Waals surface area (Å²) in [6.07, 6.45) is 4.59. The Morgan fingerprint density at radius 2 is 1.95 bits per heavy atom. The number of aromatic nitrogens is 3. The Kier molecular flexibility index (Phi) is 3.14. The fraction of sp³-hybridized carbons (Fsp3) is 0.200. The van der Waals surface area contributed by atoms with Crippen LogP contribution in [0.1, 0.15) is 5.56 Å². The van der Waals surface area contributed by atoms with Crippen LogP contribution in [-0.2, 0) is 13.5 Å². The fourth-order valence-electron chi connectivity index (χ4n) is 2.19. The SMILES string of the molecule is Cn1ccc2c(NCCc3ccccc3)ncnc21. The van der Waals surface area contributed by atoms with Gasteiger partial charge in [-0.3, -0.25) is 0 Å². The zero-order valence-corrected chi connectivity index (χ0v) is 10.9. The molecular formula is C15H16N4. The molecule has 1 aromatic carbocycles. The molecule has 0 saturated carbocycles. The largest absolute Gasteiger partial charge is 0.369 e. The molecule has 3 rings (SSSR count). The van der Waals surface area contributed by atoms with E-state index in [2.05, 4.69) is 39.6 Å². The third-order valence-corrected chi connectivity index (χ3v) is 3.21. The molecule has 0 amide bonds. The van der Waals surface area contributed by atoms with Gasteiger partial charge < -0.3 is 9.88 Å². The number of aryl methyl sites for hydroxylation is 1. The molecule has 4 heteroatoms. The van der Waals surface area contributed by atoms with Crippen LogP contribution in [0.4, 0.5) is 5.82 Å². The number of hydrogen-bond donors (Lipinski definition) is 1. The van der Waals surface area contributed by atoms with Crippen molar-refractivity contribution in [2.24, 2.45) is 7.05 Å². The first-order valence-electron chi connectivity index (χ1n) is 6.38. The molecule has 0 radical (unpaired) electrons. The van der Waals surface area contributed by atoms with Crippen molar-refractivity contribution >= 4 is 16.9 Å². The number of fused-ring (bicyclic) bond motifs is 1. The maximum atomic E-state index is 4.32. The molecule has 0 aliphatic carbocycles. The van der Waals surface area contributed by atoms with Gasteiger partial charge in [0, 0.05) is 19.8 Å². The number of benzene rings is 1. The lowest BCUT2D eigenvalue weighted by molar-refractivity contribution is 0.941. The Morgan fingerprint density at radius 3 is 2.79 bits per heavy atom. The van der Waals surface area contributed by atoms with Gasteiger partial charge in [-0.15, -0.1) is 0 Å². The van der Waals surface area contributed by atoms with Gasteiger partial charge in [-0.05, 0) is 18.1 Å². The highest BCUT2D eigenvalue weighted by molar-refractivity contribution is 5.87. The van der Waals surface area contributed by atoms with Crippen LogP contribution >= 0.6 is 0 Å². The van der Waals surface area contributed by atoms with Crippen LogP contribution in [0.5, 0.6) is 0 Å². The molecule has 0 bridgehead atoms. The molecule has 0 aliphatic rings. The second kappa shape index (κ2) is 5.10. The highest BCUT2D eigenvalue weighted by Gasteiger charge is 2.05. The van der Waals surface area contributed by atoms with Crippen molar-refractivity contribution < 1.29 is 0 Å². The molecule has 4 nitrogen and oxygen atoms in total. The average molecular weight is 252 g/mol. The second-order valence-electron chi connectivity index (χ2n) is 4.55. The van der Waals surface area contributed by atoms with Crippen LogP contribution < -0.4 is 5.32 Å². The number of rotatable bonds is 4. The first kappa shape index (κ1) is 11.7. The smallest absolute Gasteiger partial charge is 0.145 e. The monoisotopic (exact) mass is 252 g/mol. The van der Waals surface area contributed by atoms with E-state index in [1.807, 2.05) is 29.9 Å². The van der Waals surface area contributed by atoms with Crippen molar-refractivity contribution in [2.75, 3.05) is 11.9 Å². The van der Waals surface area contributed by atoms with Crippen LogP contribution in [0.25, 0.3) is 11.0 Å². The summed E-state index contributed by atoms with van der Waals surface area (Å²) in [6, 6.07) is 12.5. The minimum atomic E-state index is 0.866. The van der Waals surface area contributed by atoms with E-state index in [1.165, 1.54) is 5.56 Å². The van der Waals surface area contributed by atoms with Gasteiger partial charge in [0.1, 0.15) is 17.8 Å². The molecule has 0 spiro atoms. The quantitative estimate of drug-likeness (QED) is 0.776. The molecule has 0 saturated heterocycles. The number of nitrogens with zero attached hydrogens (tertiary/aromatic N) is 3. The number of anilines is 1. The summed E-state index contributed by atoms with van der Waals surface area (Å²) in [4.78, 5) is 8.60. The summed E-state index contributed by atoms with van der Waals surface area (Å²) in [5.74, 6) is 0.904. The summed E-state index contributed by atoms with van der Waals surface area (Å²) in [6.45, 7) is 0.866. The summed E-state index contributed by atoms with van der Waals surface area (Å²) in [7, 11) is 1.99. The van der Waals surface area contributed by atoms with Crippen molar-refractivity contribution in [2.45, 2.75) is 6.42 Å². The van der Waals surface area contributed by atoms with Crippen LogP contribution in [0.15, 0.2) is 48.9 Å².